The number of carbonyl (C=O) groups excluding carboxylic acids is 1. The molecule has 0 aromatic heterocycles. The van der Waals surface area contributed by atoms with E-state index in [0.717, 1.165) is 32.4 Å². The first kappa shape index (κ1) is 17.8. The minimum Gasteiger partial charge on any atom is -0.378 e. The van der Waals surface area contributed by atoms with E-state index in [4.69, 9.17) is 0 Å². The van der Waals surface area contributed by atoms with Crippen LogP contribution in [-0.2, 0) is 11.2 Å². The highest BCUT2D eigenvalue weighted by Gasteiger charge is 2.20. The van der Waals surface area contributed by atoms with Crippen LogP contribution in [0.3, 0.4) is 0 Å². The number of rotatable bonds is 6. The summed E-state index contributed by atoms with van der Waals surface area (Å²) >= 11 is 0. The van der Waals surface area contributed by atoms with E-state index >= 15 is 0 Å². The van der Waals surface area contributed by atoms with Crippen LogP contribution in [0.25, 0.3) is 0 Å². The summed E-state index contributed by atoms with van der Waals surface area (Å²) < 4.78 is 0. The normalized spacial score (nSPS) is 17.7. The monoisotopic (exact) mass is 317 g/mol. The molecular formula is C19H31N3O. The van der Waals surface area contributed by atoms with Crippen LogP contribution in [0.4, 0.5) is 5.69 Å². The maximum Gasteiger partial charge on any atom is 0.220 e. The molecule has 1 N–H and O–H groups in total. The van der Waals surface area contributed by atoms with Gasteiger partial charge in [0.05, 0.1) is 0 Å². The number of carbonyl (C=O) groups is 1. The van der Waals surface area contributed by atoms with Crippen LogP contribution in [0, 0.1) is 5.92 Å². The number of nitrogens with one attached hydrogen (secondary N) is 1. The Labute approximate surface area is 140 Å². The SMILES string of the molecule is C[C@H](Cc1ccc(N(C)C)cc1)NC(=O)CC1CCN(C)CC1. The number of anilines is 1. The fourth-order valence-electron chi connectivity index (χ4n) is 3.20. The van der Waals surface area contributed by atoms with Gasteiger partial charge in [0.15, 0.2) is 0 Å². The fraction of sp³-hybridized carbons (Fsp3) is 0.632. The van der Waals surface area contributed by atoms with E-state index in [1.54, 1.807) is 0 Å². The number of hydrogen-bond donors (Lipinski definition) is 1. The molecule has 1 atom stereocenters. The molecule has 1 aromatic rings. The topological polar surface area (TPSA) is 35.6 Å². The molecule has 0 saturated carbocycles. The average Bonchev–Trinajstić information content (AvgIpc) is 2.50. The van der Waals surface area contributed by atoms with Gasteiger partial charge in [0.2, 0.25) is 5.91 Å². The van der Waals surface area contributed by atoms with Gasteiger partial charge >= 0.3 is 0 Å². The molecule has 1 amide bonds. The van der Waals surface area contributed by atoms with Crippen LogP contribution < -0.4 is 10.2 Å². The van der Waals surface area contributed by atoms with Gasteiger partial charge in [-0.15, -0.1) is 0 Å². The number of amides is 1. The Balaban J connectivity index is 1.75. The van der Waals surface area contributed by atoms with E-state index in [-0.39, 0.29) is 11.9 Å². The number of hydrogen-bond acceptors (Lipinski definition) is 3. The fourth-order valence-corrected chi connectivity index (χ4v) is 3.20. The molecule has 1 aliphatic heterocycles. The first-order chi connectivity index (χ1) is 10.9. The summed E-state index contributed by atoms with van der Waals surface area (Å²) in [4.78, 5) is 16.6. The summed E-state index contributed by atoms with van der Waals surface area (Å²) in [6.07, 6.45) is 3.85. The van der Waals surface area contributed by atoms with Gasteiger partial charge in [-0.3, -0.25) is 4.79 Å². The van der Waals surface area contributed by atoms with E-state index in [2.05, 4.69) is 53.4 Å². The molecule has 4 nitrogen and oxygen atoms in total. The van der Waals surface area contributed by atoms with Crippen LogP contribution in [0.15, 0.2) is 24.3 Å². The number of likely N-dealkylation sites (tertiary alicyclic amines) is 1. The molecular weight excluding hydrogens is 286 g/mol. The molecule has 0 radical (unpaired) electrons. The van der Waals surface area contributed by atoms with Crippen molar-refractivity contribution < 1.29 is 4.79 Å². The van der Waals surface area contributed by atoms with Crippen molar-refractivity contribution >= 4 is 11.6 Å². The standard InChI is InChI=1S/C19H31N3O/c1-15(13-16-5-7-18(8-6-16)21(2)3)20-19(23)14-17-9-11-22(4)12-10-17/h5-8,15,17H,9-14H2,1-4H3,(H,20,23)/t15-/m1/s1. The maximum absolute atomic E-state index is 12.2. The molecule has 1 aliphatic rings. The van der Waals surface area contributed by atoms with Gasteiger partial charge in [-0.2, -0.15) is 0 Å². The van der Waals surface area contributed by atoms with Crippen molar-refractivity contribution in [1.29, 1.82) is 0 Å². The zero-order valence-electron chi connectivity index (χ0n) is 15.0. The summed E-state index contributed by atoms with van der Waals surface area (Å²) in [6.45, 7) is 4.32. The van der Waals surface area contributed by atoms with Crippen molar-refractivity contribution in [3.05, 3.63) is 29.8 Å². The molecule has 23 heavy (non-hydrogen) atoms. The highest BCUT2D eigenvalue weighted by molar-refractivity contribution is 5.76. The van der Waals surface area contributed by atoms with Crippen LogP contribution in [-0.4, -0.2) is 51.1 Å². The minimum atomic E-state index is 0.180. The van der Waals surface area contributed by atoms with E-state index in [0.29, 0.717) is 12.3 Å². The third kappa shape index (κ3) is 5.87. The molecule has 1 aromatic carbocycles. The van der Waals surface area contributed by atoms with Gasteiger partial charge < -0.3 is 15.1 Å². The quantitative estimate of drug-likeness (QED) is 0.876. The van der Waals surface area contributed by atoms with Crippen molar-refractivity contribution in [3.63, 3.8) is 0 Å². The molecule has 0 unspecified atom stereocenters. The zero-order valence-corrected chi connectivity index (χ0v) is 15.0. The van der Waals surface area contributed by atoms with Gasteiger partial charge in [-0.05, 0) is 69.9 Å². The molecule has 0 spiro atoms. The first-order valence-electron chi connectivity index (χ1n) is 8.68. The van der Waals surface area contributed by atoms with Crippen molar-refractivity contribution in [2.75, 3.05) is 39.1 Å². The number of piperidine rings is 1. The van der Waals surface area contributed by atoms with Crippen LogP contribution >= 0.6 is 0 Å². The maximum atomic E-state index is 12.2. The predicted molar refractivity (Wildman–Crippen MR) is 96.9 cm³/mol. The molecule has 0 bridgehead atoms. The smallest absolute Gasteiger partial charge is 0.220 e. The second kappa shape index (κ2) is 8.34. The Bertz CT molecular complexity index is 490. The van der Waals surface area contributed by atoms with Gasteiger partial charge in [0.25, 0.3) is 0 Å². The molecule has 4 heteroatoms. The largest absolute Gasteiger partial charge is 0.378 e. The summed E-state index contributed by atoms with van der Waals surface area (Å²) in [5.41, 5.74) is 2.47. The average molecular weight is 317 g/mol. The Morgan fingerprint density at radius 3 is 2.43 bits per heavy atom. The lowest BCUT2D eigenvalue weighted by molar-refractivity contribution is -0.122. The van der Waals surface area contributed by atoms with Gasteiger partial charge in [-0.1, -0.05) is 12.1 Å². The van der Waals surface area contributed by atoms with Crippen LogP contribution in [0.2, 0.25) is 0 Å². The molecule has 1 saturated heterocycles. The lowest BCUT2D eigenvalue weighted by Crippen LogP contribution is -2.37. The lowest BCUT2D eigenvalue weighted by atomic mass is 9.93. The van der Waals surface area contributed by atoms with E-state index in [1.165, 1.54) is 11.3 Å². The van der Waals surface area contributed by atoms with Crippen molar-refractivity contribution in [2.45, 2.75) is 38.6 Å². The molecule has 1 heterocycles. The Kier molecular flexibility index (Phi) is 6.46. The zero-order chi connectivity index (χ0) is 16.8. The summed E-state index contributed by atoms with van der Waals surface area (Å²) in [6, 6.07) is 8.73. The second-order valence-electron chi connectivity index (χ2n) is 7.18. The molecule has 128 valence electrons. The summed E-state index contributed by atoms with van der Waals surface area (Å²) in [7, 11) is 6.24. The minimum absolute atomic E-state index is 0.180. The first-order valence-corrected chi connectivity index (χ1v) is 8.68. The highest BCUT2D eigenvalue weighted by Crippen LogP contribution is 2.19. The van der Waals surface area contributed by atoms with Crippen molar-refractivity contribution in [3.8, 4) is 0 Å². The molecule has 1 fully saturated rings. The molecule has 0 aliphatic carbocycles. The Hall–Kier alpha value is -1.55. The molecule has 2 rings (SSSR count). The Morgan fingerprint density at radius 1 is 1.26 bits per heavy atom. The van der Waals surface area contributed by atoms with Crippen molar-refractivity contribution in [2.24, 2.45) is 5.92 Å². The predicted octanol–water partition coefficient (Wildman–Crippen LogP) is 2.53. The van der Waals surface area contributed by atoms with E-state index in [9.17, 15) is 4.79 Å². The van der Waals surface area contributed by atoms with E-state index < -0.39 is 0 Å². The van der Waals surface area contributed by atoms with Gasteiger partial charge in [0.1, 0.15) is 0 Å². The second-order valence-corrected chi connectivity index (χ2v) is 7.18. The van der Waals surface area contributed by atoms with Crippen molar-refractivity contribution in [1.82, 2.24) is 10.2 Å². The van der Waals surface area contributed by atoms with Gasteiger partial charge in [-0.25, -0.2) is 0 Å². The summed E-state index contributed by atoms with van der Waals surface area (Å²) in [5, 5.41) is 3.16. The van der Waals surface area contributed by atoms with Crippen LogP contribution in [0.5, 0.6) is 0 Å². The highest BCUT2D eigenvalue weighted by atomic mass is 16.1. The Morgan fingerprint density at radius 2 is 1.87 bits per heavy atom. The number of nitrogens with zero attached hydrogens (tertiary/aromatic N) is 2. The third-order valence-corrected chi connectivity index (χ3v) is 4.71. The lowest BCUT2D eigenvalue weighted by Gasteiger charge is -2.28. The van der Waals surface area contributed by atoms with Gasteiger partial charge in [0, 0.05) is 32.2 Å². The number of benzene rings is 1. The van der Waals surface area contributed by atoms with Crippen LogP contribution in [0.1, 0.15) is 31.7 Å². The summed E-state index contributed by atoms with van der Waals surface area (Å²) in [5.74, 6) is 0.759. The third-order valence-electron chi connectivity index (χ3n) is 4.71. The van der Waals surface area contributed by atoms with E-state index in [1.807, 2.05) is 14.1 Å².